The second kappa shape index (κ2) is 8.15. The van der Waals surface area contributed by atoms with E-state index < -0.39 is 0 Å². The maximum absolute atomic E-state index is 12.9. The Bertz CT molecular complexity index is 1170. The maximum atomic E-state index is 12.9. The van der Waals surface area contributed by atoms with Crippen molar-refractivity contribution in [3.05, 3.63) is 35.7 Å². The maximum Gasteiger partial charge on any atom is 0.323 e. The van der Waals surface area contributed by atoms with Crippen LogP contribution in [0, 0.1) is 5.92 Å². The predicted molar refractivity (Wildman–Crippen MR) is 144 cm³/mol. The van der Waals surface area contributed by atoms with Crippen LogP contribution in [0.1, 0.15) is 63.3 Å². The van der Waals surface area contributed by atoms with Crippen LogP contribution in [-0.4, -0.2) is 76.5 Å². The van der Waals surface area contributed by atoms with Crippen LogP contribution >= 0.6 is 11.5 Å². The van der Waals surface area contributed by atoms with Gasteiger partial charge in [0.2, 0.25) is 5.13 Å². The fourth-order valence-electron chi connectivity index (χ4n) is 8.47. The second-order valence-electron chi connectivity index (χ2n) is 12.0. The number of piperidine rings is 2. The summed E-state index contributed by atoms with van der Waals surface area (Å²) in [6, 6.07) is 10.2. The molecule has 1 aromatic heterocycles. The molecule has 4 fully saturated rings. The van der Waals surface area contributed by atoms with Crippen molar-refractivity contribution in [3.8, 4) is 0 Å². The van der Waals surface area contributed by atoms with E-state index in [0.29, 0.717) is 17.6 Å². The molecule has 8 heteroatoms. The van der Waals surface area contributed by atoms with Gasteiger partial charge >= 0.3 is 6.03 Å². The van der Waals surface area contributed by atoms with E-state index in [0.717, 1.165) is 36.8 Å². The van der Waals surface area contributed by atoms with E-state index in [1.165, 1.54) is 62.3 Å². The third kappa shape index (κ3) is 3.16. The third-order valence-electron chi connectivity index (χ3n) is 10.3. The molecule has 1 aromatic carbocycles. The van der Waals surface area contributed by atoms with Crippen molar-refractivity contribution < 1.29 is 4.79 Å². The highest BCUT2D eigenvalue weighted by atomic mass is 32.1. The first kappa shape index (κ1) is 23.0. The molecular weight excluding hydrogens is 468 g/mol. The molecule has 4 unspecified atom stereocenters. The number of carbonyl (C=O) groups excluding carboxylic acids is 1. The fraction of sp³-hybridized carbons (Fsp3) is 0.679. The number of aryl methyl sites for hydroxylation is 1. The number of hydrogen-bond donors (Lipinski definition) is 0. The zero-order valence-corrected chi connectivity index (χ0v) is 22.6. The van der Waals surface area contributed by atoms with Gasteiger partial charge in [-0.3, -0.25) is 4.90 Å². The standard InChI is InChI=1S/C28H38N6OS/c1-4-24-29-25(36-30-24)34-23-10-9-19-17-20(18-28(19,23)34)32-14-11-27(12-15-32)13-16-33(26(35)31(2)3)22-8-6-5-7-21(22)27/h5-8,19-20,23H,4,9-18H2,1-3H3. The Hall–Kier alpha value is -2.19. The first-order chi connectivity index (χ1) is 17.5. The first-order valence-corrected chi connectivity index (χ1v) is 14.7. The monoisotopic (exact) mass is 506 g/mol. The van der Waals surface area contributed by atoms with Crippen LogP contribution in [-0.2, 0) is 11.8 Å². The molecule has 5 aliphatic rings. The van der Waals surface area contributed by atoms with E-state index >= 15 is 0 Å². The summed E-state index contributed by atoms with van der Waals surface area (Å²) in [5.41, 5.74) is 3.10. The average Bonchev–Trinajstić information content (AvgIpc) is 3.29. The lowest BCUT2D eigenvalue weighted by atomic mass is 9.67. The molecule has 36 heavy (non-hydrogen) atoms. The summed E-state index contributed by atoms with van der Waals surface area (Å²) in [5, 5.41) is 1.18. The molecule has 2 saturated heterocycles. The topological polar surface area (TPSA) is 55.6 Å². The van der Waals surface area contributed by atoms with Gasteiger partial charge in [-0.15, -0.1) is 0 Å². The summed E-state index contributed by atoms with van der Waals surface area (Å²) in [6.45, 7) is 5.31. The lowest BCUT2D eigenvalue weighted by molar-refractivity contribution is 0.107. The van der Waals surface area contributed by atoms with Crippen LogP contribution in [0.3, 0.4) is 0 Å². The Balaban J connectivity index is 1.06. The molecule has 0 N–H and O–H groups in total. The Morgan fingerprint density at radius 1 is 1.14 bits per heavy atom. The van der Waals surface area contributed by atoms with Crippen molar-refractivity contribution in [2.45, 2.75) is 81.3 Å². The van der Waals surface area contributed by atoms with E-state index in [9.17, 15) is 4.79 Å². The van der Waals surface area contributed by atoms with Crippen molar-refractivity contribution in [2.24, 2.45) is 5.92 Å². The first-order valence-electron chi connectivity index (χ1n) is 13.9. The normalized spacial score (nSPS) is 32.4. The van der Waals surface area contributed by atoms with Crippen LogP contribution in [0.25, 0.3) is 0 Å². The highest BCUT2D eigenvalue weighted by Gasteiger charge is 2.74. The Morgan fingerprint density at radius 3 is 2.67 bits per heavy atom. The summed E-state index contributed by atoms with van der Waals surface area (Å²) in [4.78, 5) is 26.9. The lowest BCUT2D eigenvalue weighted by Gasteiger charge is -2.49. The lowest BCUT2D eigenvalue weighted by Crippen LogP contribution is -2.52. The van der Waals surface area contributed by atoms with Gasteiger partial charge in [0.05, 0.1) is 11.6 Å². The number of carbonyl (C=O) groups is 1. The van der Waals surface area contributed by atoms with Crippen molar-refractivity contribution in [1.29, 1.82) is 0 Å². The molecule has 0 bridgehead atoms. The van der Waals surface area contributed by atoms with Crippen molar-refractivity contribution in [2.75, 3.05) is 43.5 Å². The number of aromatic nitrogens is 2. The molecule has 4 heterocycles. The number of amides is 2. The number of anilines is 2. The molecule has 192 valence electrons. The molecule has 0 radical (unpaired) electrons. The Morgan fingerprint density at radius 2 is 1.92 bits per heavy atom. The van der Waals surface area contributed by atoms with E-state index in [4.69, 9.17) is 4.98 Å². The number of rotatable bonds is 3. The number of benzene rings is 1. The Labute approximate surface area is 218 Å². The third-order valence-corrected chi connectivity index (χ3v) is 11.1. The highest BCUT2D eigenvalue weighted by Crippen LogP contribution is 2.66. The zero-order valence-electron chi connectivity index (χ0n) is 21.8. The smallest absolute Gasteiger partial charge is 0.323 e. The van der Waals surface area contributed by atoms with Crippen LogP contribution in [0.2, 0.25) is 0 Å². The molecule has 2 aliphatic carbocycles. The molecular formula is C28H38N6OS. The Kier molecular flexibility index (Phi) is 5.20. The second-order valence-corrected chi connectivity index (χ2v) is 12.7. The molecule has 3 aliphatic heterocycles. The van der Waals surface area contributed by atoms with Crippen LogP contribution < -0.4 is 9.80 Å². The van der Waals surface area contributed by atoms with Gasteiger partial charge in [-0.2, -0.15) is 4.37 Å². The number of likely N-dealkylation sites (tertiary alicyclic amines) is 1. The molecule has 2 aromatic rings. The van der Waals surface area contributed by atoms with E-state index in [-0.39, 0.29) is 11.4 Å². The zero-order chi connectivity index (χ0) is 24.7. The molecule has 2 amide bonds. The molecule has 7 nitrogen and oxygen atoms in total. The summed E-state index contributed by atoms with van der Waals surface area (Å²) in [5.74, 6) is 1.82. The number of para-hydroxylation sites is 1. The summed E-state index contributed by atoms with van der Waals surface area (Å²) >= 11 is 1.61. The van der Waals surface area contributed by atoms with Gasteiger partial charge in [-0.25, -0.2) is 9.78 Å². The number of nitrogens with zero attached hydrogens (tertiary/aromatic N) is 6. The van der Waals surface area contributed by atoms with Crippen molar-refractivity contribution >= 4 is 28.4 Å². The SMILES string of the molecule is CCc1nsc(N2C3CCC4CC(N5CCC6(CCN(C(=O)N(C)C)c7ccccc76)CC5)CC432)n1. The van der Waals surface area contributed by atoms with E-state index in [1.54, 1.807) is 16.4 Å². The number of urea groups is 1. The fourth-order valence-corrected chi connectivity index (χ4v) is 9.36. The molecule has 4 atom stereocenters. The summed E-state index contributed by atoms with van der Waals surface area (Å²) in [6.07, 6.45) is 9.77. The van der Waals surface area contributed by atoms with E-state index in [1.807, 2.05) is 19.0 Å². The van der Waals surface area contributed by atoms with Gasteiger partial charge in [-0.1, -0.05) is 25.1 Å². The van der Waals surface area contributed by atoms with Crippen LogP contribution in [0.15, 0.2) is 24.3 Å². The minimum absolute atomic E-state index is 0.0940. The van der Waals surface area contributed by atoms with Crippen molar-refractivity contribution in [3.63, 3.8) is 0 Å². The van der Waals surface area contributed by atoms with Gasteiger partial charge in [0.25, 0.3) is 0 Å². The summed E-state index contributed by atoms with van der Waals surface area (Å²) in [7, 11) is 3.70. The molecule has 2 saturated carbocycles. The average molecular weight is 507 g/mol. The number of fused-ring (bicyclic) bond motifs is 2. The highest BCUT2D eigenvalue weighted by molar-refractivity contribution is 7.09. The van der Waals surface area contributed by atoms with E-state index in [2.05, 4.69) is 45.4 Å². The van der Waals surface area contributed by atoms with Gasteiger partial charge in [0, 0.05) is 55.7 Å². The molecule has 7 rings (SSSR count). The van der Waals surface area contributed by atoms with Gasteiger partial charge in [-0.05, 0) is 75.6 Å². The minimum Gasteiger partial charge on any atom is -0.333 e. The minimum atomic E-state index is 0.0940. The molecule has 2 spiro atoms. The summed E-state index contributed by atoms with van der Waals surface area (Å²) < 4.78 is 4.59. The number of hydrogen-bond acceptors (Lipinski definition) is 6. The van der Waals surface area contributed by atoms with Gasteiger partial charge in [0.1, 0.15) is 5.82 Å². The van der Waals surface area contributed by atoms with Crippen molar-refractivity contribution in [1.82, 2.24) is 19.2 Å². The predicted octanol–water partition coefficient (Wildman–Crippen LogP) is 4.53. The largest absolute Gasteiger partial charge is 0.333 e. The quantitative estimate of drug-likeness (QED) is 0.573. The van der Waals surface area contributed by atoms with Crippen LogP contribution in [0.4, 0.5) is 15.6 Å². The van der Waals surface area contributed by atoms with Crippen LogP contribution in [0.5, 0.6) is 0 Å². The van der Waals surface area contributed by atoms with Gasteiger partial charge in [0.15, 0.2) is 0 Å². The van der Waals surface area contributed by atoms with Gasteiger partial charge < -0.3 is 14.7 Å².